The van der Waals surface area contributed by atoms with E-state index in [9.17, 15) is 0 Å². The molecule has 130 valence electrons. The lowest BCUT2D eigenvalue weighted by Gasteiger charge is -2.13. The summed E-state index contributed by atoms with van der Waals surface area (Å²) in [7, 11) is 1.57. The predicted octanol–water partition coefficient (Wildman–Crippen LogP) is 3.43. The lowest BCUT2D eigenvalue weighted by atomic mass is 10.0. The summed E-state index contributed by atoms with van der Waals surface area (Å²) >= 11 is 0. The van der Waals surface area contributed by atoms with Gasteiger partial charge in [-0.1, -0.05) is 35.0 Å². The van der Waals surface area contributed by atoms with Gasteiger partial charge in [0.1, 0.15) is 17.7 Å². The third-order valence-electron chi connectivity index (χ3n) is 4.27. The summed E-state index contributed by atoms with van der Waals surface area (Å²) in [4.78, 5) is 8.80. The first kappa shape index (κ1) is 15.9. The van der Waals surface area contributed by atoms with Gasteiger partial charge in [0.25, 0.3) is 0 Å². The van der Waals surface area contributed by atoms with E-state index in [2.05, 4.69) is 15.1 Å². The predicted molar refractivity (Wildman–Crippen MR) is 101 cm³/mol. The number of benzene rings is 2. The third-order valence-corrected chi connectivity index (χ3v) is 4.27. The minimum absolute atomic E-state index is 0.299. The van der Waals surface area contributed by atoms with Crippen LogP contribution in [0.2, 0.25) is 0 Å². The molecule has 0 saturated carbocycles. The quantitative estimate of drug-likeness (QED) is 0.546. The van der Waals surface area contributed by atoms with Gasteiger partial charge in [0.05, 0.1) is 18.1 Å². The molecule has 0 aliphatic rings. The van der Waals surface area contributed by atoms with Crippen molar-refractivity contribution >= 4 is 22.5 Å². The molecule has 0 atom stereocenters. The van der Waals surface area contributed by atoms with E-state index in [0.29, 0.717) is 45.2 Å². The van der Waals surface area contributed by atoms with Gasteiger partial charge in [-0.05, 0) is 19.1 Å². The van der Waals surface area contributed by atoms with Crippen molar-refractivity contribution < 1.29 is 9.26 Å². The van der Waals surface area contributed by atoms with Gasteiger partial charge in [0, 0.05) is 11.3 Å². The number of ether oxygens (including phenoxy) is 1. The van der Waals surface area contributed by atoms with Crippen LogP contribution in [0.3, 0.4) is 0 Å². The average Bonchev–Trinajstić information content (AvgIpc) is 3.02. The van der Waals surface area contributed by atoms with Crippen LogP contribution in [0.5, 0.6) is 5.75 Å². The molecule has 0 spiro atoms. The smallest absolute Gasteiger partial charge is 0.180 e. The van der Waals surface area contributed by atoms with Crippen molar-refractivity contribution in [3.63, 3.8) is 0 Å². The maximum Gasteiger partial charge on any atom is 0.180 e. The number of nitrogen functional groups attached to an aromatic ring is 2. The van der Waals surface area contributed by atoms with Crippen LogP contribution in [0, 0.1) is 6.92 Å². The summed E-state index contributed by atoms with van der Waals surface area (Å²) in [6.07, 6.45) is 1.48. The molecule has 0 aliphatic heterocycles. The molecule has 4 aromatic rings. The fraction of sp³-hybridized carbons (Fsp3) is 0.105. The van der Waals surface area contributed by atoms with E-state index in [-0.39, 0.29) is 0 Å². The van der Waals surface area contributed by atoms with Crippen LogP contribution < -0.4 is 16.2 Å². The van der Waals surface area contributed by atoms with Crippen LogP contribution in [0.15, 0.2) is 47.2 Å². The molecule has 2 aromatic heterocycles. The molecule has 0 unspecified atom stereocenters. The van der Waals surface area contributed by atoms with Crippen LogP contribution in [-0.4, -0.2) is 22.2 Å². The minimum atomic E-state index is 0.299. The van der Waals surface area contributed by atoms with E-state index in [0.717, 1.165) is 11.1 Å². The van der Waals surface area contributed by atoms with E-state index in [1.165, 1.54) is 6.33 Å². The van der Waals surface area contributed by atoms with Crippen molar-refractivity contribution in [1.82, 2.24) is 15.1 Å². The Morgan fingerprint density at radius 3 is 2.42 bits per heavy atom. The lowest BCUT2D eigenvalue weighted by molar-refractivity contribution is 0.414. The van der Waals surface area contributed by atoms with Crippen molar-refractivity contribution in [1.29, 1.82) is 0 Å². The Bertz CT molecular complexity index is 1100. The number of aromatic nitrogens is 3. The highest BCUT2D eigenvalue weighted by molar-refractivity contribution is 6.03. The molecule has 26 heavy (non-hydrogen) atoms. The van der Waals surface area contributed by atoms with Crippen molar-refractivity contribution in [2.24, 2.45) is 0 Å². The number of nitrogens with zero attached hydrogens (tertiary/aromatic N) is 3. The van der Waals surface area contributed by atoms with Gasteiger partial charge in [-0.2, -0.15) is 0 Å². The zero-order chi connectivity index (χ0) is 18.3. The van der Waals surface area contributed by atoms with E-state index in [1.807, 2.05) is 31.2 Å². The average molecular weight is 347 g/mol. The Morgan fingerprint density at radius 2 is 1.69 bits per heavy atom. The van der Waals surface area contributed by atoms with Crippen LogP contribution in [-0.2, 0) is 0 Å². The van der Waals surface area contributed by atoms with Crippen molar-refractivity contribution in [3.8, 4) is 28.3 Å². The van der Waals surface area contributed by atoms with Crippen LogP contribution in [0.1, 0.15) is 5.56 Å². The first-order valence-electron chi connectivity index (χ1n) is 8.00. The monoisotopic (exact) mass is 347 g/mol. The van der Waals surface area contributed by atoms with E-state index >= 15 is 0 Å². The normalized spacial score (nSPS) is 11.0. The van der Waals surface area contributed by atoms with Gasteiger partial charge in [0.15, 0.2) is 17.2 Å². The molecule has 0 aliphatic carbocycles. The number of rotatable bonds is 3. The van der Waals surface area contributed by atoms with Crippen LogP contribution >= 0.6 is 0 Å². The topological polar surface area (TPSA) is 113 Å². The molecule has 4 N–H and O–H groups in total. The lowest BCUT2D eigenvalue weighted by Crippen LogP contribution is -2.00. The van der Waals surface area contributed by atoms with Crippen LogP contribution in [0.25, 0.3) is 33.5 Å². The van der Waals surface area contributed by atoms with E-state index in [1.54, 1.807) is 19.2 Å². The summed E-state index contributed by atoms with van der Waals surface area (Å²) in [6.45, 7) is 2.03. The van der Waals surface area contributed by atoms with Crippen molar-refractivity contribution in [2.45, 2.75) is 6.92 Å². The Hall–Kier alpha value is -3.61. The zero-order valence-electron chi connectivity index (χ0n) is 14.4. The van der Waals surface area contributed by atoms with Gasteiger partial charge < -0.3 is 20.7 Å². The fourth-order valence-corrected chi connectivity index (χ4v) is 2.94. The Kier molecular flexibility index (Phi) is 3.69. The highest BCUT2D eigenvalue weighted by atomic mass is 16.5. The van der Waals surface area contributed by atoms with Gasteiger partial charge in [-0.15, -0.1) is 0 Å². The molecular formula is C19H17N5O2. The number of aryl methyl sites for hydroxylation is 1. The Morgan fingerprint density at radius 1 is 0.962 bits per heavy atom. The fourth-order valence-electron chi connectivity index (χ4n) is 2.94. The van der Waals surface area contributed by atoms with Crippen LogP contribution in [0.4, 0.5) is 11.5 Å². The molecule has 0 radical (unpaired) electrons. The zero-order valence-corrected chi connectivity index (χ0v) is 14.4. The maximum absolute atomic E-state index is 6.22. The third kappa shape index (κ3) is 2.41. The van der Waals surface area contributed by atoms with Crippen molar-refractivity contribution in [2.75, 3.05) is 18.6 Å². The molecule has 0 saturated heterocycles. The standard InChI is InChI=1S/C19H17N5O2/c1-10-3-5-11(6-4-10)15-18(25-2)16(23-9-22-15)14-13(20)8-7-12-17(14)26-24-19(12)21/h3-9H,20H2,1-2H3,(H2,21,24). The van der Waals surface area contributed by atoms with E-state index < -0.39 is 0 Å². The SMILES string of the molecule is COc1c(-c2ccc(C)cc2)ncnc1-c1c(N)ccc2c(N)noc12. The minimum Gasteiger partial charge on any atom is -0.492 e. The maximum atomic E-state index is 6.22. The first-order valence-corrected chi connectivity index (χ1v) is 8.00. The Balaban J connectivity index is 2.00. The largest absolute Gasteiger partial charge is 0.492 e. The second-order valence-corrected chi connectivity index (χ2v) is 5.94. The number of methoxy groups -OCH3 is 1. The Labute approximate surface area is 149 Å². The summed E-state index contributed by atoms with van der Waals surface area (Å²) in [6, 6.07) is 11.5. The number of fused-ring (bicyclic) bond motifs is 1. The van der Waals surface area contributed by atoms with Crippen molar-refractivity contribution in [3.05, 3.63) is 48.3 Å². The highest BCUT2D eigenvalue weighted by Gasteiger charge is 2.22. The second kappa shape index (κ2) is 6.03. The molecule has 2 heterocycles. The molecule has 0 fully saturated rings. The summed E-state index contributed by atoms with van der Waals surface area (Å²) in [5, 5.41) is 4.50. The van der Waals surface area contributed by atoms with Gasteiger partial charge in [-0.25, -0.2) is 9.97 Å². The van der Waals surface area contributed by atoms with E-state index in [4.69, 9.17) is 20.7 Å². The number of hydrogen-bond donors (Lipinski definition) is 2. The molecule has 4 rings (SSSR count). The molecule has 0 bridgehead atoms. The first-order chi connectivity index (χ1) is 12.6. The highest BCUT2D eigenvalue weighted by Crippen LogP contribution is 2.42. The second-order valence-electron chi connectivity index (χ2n) is 5.94. The number of nitrogens with two attached hydrogens (primary N) is 2. The summed E-state index contributed by atoms with van der Waals surface area (Å²) < 4.78 is 11.1. The summed E-state index contributed by atoms with van der Waals surface area (Å²) in [5.74, 6) is 0.804. The molecule has 7 nitrogen and oxygen atoms in total. The molecule has 2 aromatic carbocycles. The van der Waals surface area contributed by atoms with Gasteiger partial charge in [0.2, 0.25) is 0 Å². The number of hydrogen-bond acceptors (Lipinski definition) is 7. The van der Waals surface area contributed by atoms with Gasteiger partial charge >= 0.3 is 0 Å². The number of anilines is 2. The molecule has 0 amide bonds. The summed E-state index contributed by atoms with van der Waals surface area (Å²) in [5.41, 5.74) is 16.9. The van der Waals surface area contributed by atoms with Gasteiger partial charge in [-0.3, -0.25) is 0 Å². The molecule has 7 heteroatoms. The molecular weight excluding hydrogens is 330 g/mol.